The quantitative estimate of drug-likeness (QED) is 0.785. The van der Waals surface area contributed by atoms with Crippen molar-refractivity contribution in [1.29, 1.82) is 0 Å². The third kappa shape index (κ3) is 3.43. The number of ether oxygens (including phenoxy) is 2. The van der Waals surface area contributed by atoms with E-state index in [1.54, 1.807) is 12.1 Å². The summed E-state index contributed by atoms with van der Waals surface area (Å²) < 4.78 is 10.1. The number of esters is 1. The molecule has 0 bridgehead atoms. The van der Waals surface area contributed by atoms with Crippen LogP contribution in [0, 0.1) is 0 Å². The SMILES string of the molecule is COC(=O)c1ccc(-c2ccc(C(=O)N3CCC[C@@H]3C)cc2)cc1OC. The fourth-order valence-electron chi connectivity index (χ4n) is 3.36. The molecule has 0 N–H and O–H groups in total. The zero-order valence-corrected chi connectivity index (χ0v) is 15.3. The first-order valence-corrected chi connectivity index (χ1v) is 8.73. The van der Waals surface area contributed by atoms with Crippen LogP contribution in [0.5, 0.6) is 5.75 Å². The Hall–Kier alpha value is -2.82. The number of hydrogen-bond acceptors (Lipinski definition) is 4. The van der Waals surface area contributed by atoms with E-state index in [4.69, 9.17) is 9.47 Å². The van der Waals surface area contributed by atoms with Crippen LogP contribution in [0.2, 0.25) is 0 Å². The van der Waals surface area contributed by atoms with Crippen molar-refractivity contribution in [3.63, 3.8) is 0 Å². The molecule has 0 radical (unpaired) electrons. The van der Waals surface area contributed by atoms with E-state index in [1.165, 1.54) is 14.2 Å². The van der Waals surface area contributed by atoms with Gasteiger partial charge in [-0.2, -0.15) is 0 Å². The Morgan fingerprint density at radius 3 is 2.31 bits per heavy atom. The standard InChI is InChI=1S/C21H23NO4/c1-14-5-4-12-22(14)20(23)16-8-6-15(7-9-16)17-10-11-18(21(24)26-3)19(13-17)25-2/h6-11,13-14H,4-5,12H2,1-3H3/t14-/m0/s1. The maximum absolute atomic E-state index is 12.6. The van der Waals surface area contributed by atoms with Gasteiger partial charge in [0.25, 0.3) is 5.91 Å². The van der Waals surface area contributed by atoms with Gasteiger partial charge < -0.3 is 14.4 Å². The minimum atomic E-state index is -0.436. The van der Waals surface area contributed by atoms with E-state index in [1.807, 2.05) is 35.2 Å². The molecule has 0 aliphatic carbocycles. The summed E-state index contributed by atoms with van der Waals surface area (Å²) in [5.74, 6) is 0.106. The Labute approximate surface area is 153 Å². The number of carbonyl (C=O) groups is 2. The van der Waals surface area contributed by atoms with Crippen molar-refractivity contribution in [2.24, 2.45) is 0 Å². The highest BCUT2D eigenvalue weighted by Gasteiger charge is 2.25. The van der Waals surface area contributed by atoms with Crippen LogP contribution >= 0.6 is 0 Å². The lowest BCUT2D eigenvalue weighted by Crippen LogP contribution is -2.33. The molecule has 1 aliphatic rings. The lowest BCUT2D eigenvalue weighted by Gasteiger charge is -2.21. The van der Waals surface area contributed by atoms with Crippen LogP contribution in [0.25, 0.3) is 11.1 Å². The summed E-state index contributed by atoms with van der Waals surface area (Å²) >= 11 is 0. The lowest BCUT2D eigenvalue weighted by atomic mass is 10.0. The van der Waals surface area contributed by atoms with Crippen molar-refractivity contribution in [2.75, 3.05) is 20.8 Å². The molecule has 1 aliphatic heterocycles. The van der Waals surface area contributed by atoms with Gasteiger partial charge >= 0.3 is 5.97 Å². The molecule has 1 amide bonds. The third-order valence-electron chi connectivity index (χ3n) is 4.89. The summed E-state index contributed by atoms with van der Waals surface area (Å²) in [7, 11) is 2.86. The van der Waals surface area contributed by atoms with Crippen LogP contribution in [0.1, 0.15) is 40.5 Å². The van der Waals surface area contributed by atoms with Crippen LogP contribution in [-0.2, 0) is 4.74 Å². The highest BCUT2D eigenvalue weighted by Crippen LogP contribution is 2.28. The summed E-state index contributed by atoms with van der Waals surface area (Å²) in [6, 6.07) is 13.2. The first-order valence-electron chi connectivity index (χ1n) is 8.73. The van der Waals surface area contributed by atoms with Gasteiger partial charge in [0.15, 0.2) is 0 Å². The molecule has 0 saturated carbocycles. The van der Waals surface area contributed by atoms with Crippen LogP contribution in [0.4, 0.5) is 0 Å². The van der Waals surface area contributed by atoms with Crippen LogP contribution in [0.3, 0.4) is 0 Å². The van der Waals surface area contributed by atoms with Gasteiger partial charge in [0.2, 0.25) is 0 Å². The van der Waals surface area contributed by atoms with Crippen LogP contribution < -0.4 is 4.74 Å². The molecule has 26 heavy (non-hydrogen) atoms. The molecular weight excluding hydrogens is 330 g/mol. The normalized spacial score (nSPS) is 16.4. The van der Waals surface area contributed by atoms with E-state index >= 15 is 0 Å². The molecule has 1 saturated heterocycles. The molecule has 1 heterocycles. The molecular formula is C21H23NO4. The number of nitrogens with zero attached hydrogens (tertiary/aromatic N) is 1. The average Bonchev–Trinajstić information content (AvgIpc) is 3.12. The minimum Gasteiger partial charge on any atom is -0.496 e. The summed E-state index contributed by atoms with van der Waals surface area (Å²) in [6.45, 7) is 2.92. The summed E-state index contributed by atoms with van der Waals surface area (Å²) in [5, 5.41) is 0. The lowest BCUT2D eigenvalue weighted by molar-refractivity contribution is 0.0596. The number of amides is 1. The molecule has 2 aromatic carbocycles. The predicted octanol–water partition coefficient (Wildman–Crippen LogP) is 3.77. The Balaban J connectivity index is 1.84. The fourth-order valence-corrected chi connectivity index (χ4v) is 3.36. The molecule has 1 fully saturated rings. The molecule has 0 spiro atoms. The van der Waals surface area contributed by atoms with E-state index in [2.05, 4.69) is 6.92 Å². The van der Waals surface area contributed by atoms with E-state index < -0.39 is 5.97 Å². The van der Waals surface area contributed by atoms with E-state index in [-0.39, 0.29) is 5.91 Å². The number of carbonyl (C=O) groups excluding carboxylic acids is 2. The van der Waals surface area contributed by atoms with E-state index in [0.29, 0.717) is 22.9 Å². The van der Waals surface area contributed by atoms with Crippen molar-refractivity contribution in [3.8, 4) is 16.9 Å². The first-order chi connectivity index (χ1) is 12.5. The summed E-state index contributed by atoms with van der Waals surface area (Å²) in [6.07, 6.45) is 2.13. The van der Waals surface area contributed by atoms with Gasteiger partial charge in [0.05, 0.1) is 14.2 Å². The Kier molecular flexibility index (Phi) is 5.26. The zero-order chi connectivity index (χ0) is 18.7. The van der Waals surface area contributed by atoms with E-state index in [0.717, 1.165) is 30.5 Å². The molecule has 136 valence electrons. The molecule has 2 aromatic rings. The maximum Gasteiger partial charge on any atom is 0.341 e. The monoisotopic (exact) mass is 353 g/mol. The van der Waals surface area contributed by atoms with E-state index in [9.17, 15) is 9.59 Å². The highest BCUT2D eigenvalue weighted by atomic mass is 16.5. The molecule has 0 aromatic heterocycles. The molecule has 3 rings (SSSR count). The Bertz CT molecular complexity index is 813. The topological polar surface area (TPSA) is 55.8 Å². The van der Waals surface area contributed by atoms with Crippen molar-refractivity contribution < 1.29 is 19.1 Å². The van der Waals surface area contributed by atoms with Crippen LogP contribution in [0.15, 0.2) is 42.5 Å². The number of likely N-dealkylation sites (tertiary alicyclic amines) is 1. The van der Waals surface area contributed by atoms with Gasteiger partial charge in [-0.1, -0.05) is 18.2 Å². The minimum absolute atomic E-state index is 0.0835. The van der Waals surface area contributed by atoms with Crippen molar-refractivity contribution in [2.45, 2.75) is 25.8 Å². The average molecular weight is 353 g/mol. The van der Waals surface area contributed by atoms with Gasteiger partial charge in [-0.15, -0.1) is 0 Å². The fraction of sp³-hybridized carbons (Fsp3) is 0.333. The highest BCUT2D eigenvalue weighted by molar-refractivity contribution is 5.95. The van der Waals surface area contributed by atoms with Gasteiger partial charge in [-0.05, 0) is 55.2 Å². The largest absolute Gasteiger partial charge is 0.496 e. The summed E-state index contributed by atoms with van der Waals surface area (Å²) in [4.78, 5) is 26.3. The van der Waals surface area contributed by atoms with Crippen molar-refractivity contribution >= 4 is 11.9 Å². The number of benzene rings is 2. The Morgan fingerprint density at radius 2 is 1.73 bits per heavy atom. The number of methoxy groups -OCH3 is 2. The van der Waals surface area contributed by atoms with Crippen molar-refractivity contribution in [3.05, 3.63) is 53.6 Å². The molecule has 5 heteroatoms. The first kappa shape index (κ1) is 18.0. The van der Waals surface area contributed by atoms with Crippen molar-refractivity contribution in [1.82, 2.24) is 4.90 Å². The zero-order valence-electron chi connectivity index (χ0n) is 15.3. The molecule has 5 nitrogen and oxygen atoms in total. The second-order valence-corrected chi connectivity index (χ2v) is 6.47. The van der Waals surface area contributed by atoms with Gasteiger partial charge in [0, 0.05) is 18.2 Å². The maximum atomic E-state index is 12.6. The second-order valence-electron chi connectivity index (χ2n) is 6.47. The van der Waals surface area contributed by atoms with Gasteiger partial charge in [-0.3, -0.25) is 4.79 Å². The molecule has 0 unspecified atom stereocenters. The second kappa shape index (κ2) is 7.60. The smallest absolute Gasteiger partial charge is 0.341 e. The third-order valence-corrected chi connectivity index (χ3v) is 4.89. The van der Waals surface area contributed by atoms with Gasteiger partial charge in [-0.25, -0.2) is 4.79 Å². The van der Waals surface area contributed by atoms with Crippen LogP contribution in [-0.4, -0.2) is 43.6 Å². The number of hydrogen-bond donors (Lipinski definition) is 0. The van der Waals surface area contributed by atoms with Gasteiger partial charge in [0.1, 0.15) is 11.3 Å². The summed E-state index contributed by atoms with van der Waals surface area (Å²) in [5.41, 5.74) is 2.93. The number of rotatable bonds is 4. The Morgan fingerprint density at radius 1 is 1.04 bits per heavy atom. The predicted molar refractivity (Wildman–Crippen MR) is 99.5 cm³/mol. The molecule has 1 atom stereocenters.